The van der Waals surface area contributed by atoms with Crippen LogP contribution in [0.3, 0.4) is 0 Å². The largest absolute Gasteiger partial charge is 0.475 e. The van der Waals surface area contributed by atoms with Crippen LogP contribution < -0.4 is 4.74 Å². The second-order valence-corrected chi connectivity index (χ2v) is 8.93. The van der Waals surface area contributed by atoms with Crippen LogP contribution in [-0.4, -0.2) is 16.1 Å². The number of aryl methyl sites for hydroxylation is 1. The molecule has 0 radical (unpaired) electrons. The fraction of sp³-hybridized carbons (Fsp3) is 0.643. The Bertz CT molecular complexity index is 681. The Hall–Kier alpha value is -1.90. The lowest BCUT2D eigenvalue weighted by atomic mass is 10.1. The molecule has 2 aromatic rings. The normalized spacial score (nSPS) is 12.1. The van der Waals surface area contributed by atoms with Crippen LogP contribution in [-0.2, 0) is 6.42 Å². The highest BCUT2D eigenvalue weighted by atomic mass is 16.5. The first kappa shape index (κ1) is 25.4. The van der Waals surface area contributed by atoms with E-state index in [1.807, 2.05) is 18.5 Å². The number of unbranched alkanes of at least 4 members (excludes halogenated alkanes) is 10. The van der Waals surface area contributed by atoms with Crippen molar-refractivity contribution in [3.63, 3.8) is 0 Å². The van der Waals surface area contributed by atoms with Crippen LogP contribution in [0.15, 0.2) is 36.7 Å². The molecule has 3 nitrogen and oxygen atoms in total. The van der Waals surface area contributed by atoms with E-state index < -0.39 is 0 Å². The number of nitrogens with zero attached hydrogens (tertiary/aromatic N) is 2. The lowest BCUT2D eigenvalue weighted by Crippen LogP contribution is -2.12. The summed E-state index contributed by atoms with van der Waals surface area (Å²) in [5.41, 5.74) is 3.40. The first-order valence-corrected chi connectivity index (χ1v) is 12.8. The molecule has 2 heterocycles. The van der Waals surface area contributed by atoms with Gasteiger partial charge in [0.15, 0.2) is 0 Å². The zero-order chi connectivity index (χ0) is 22.2. The number of hydrogen-bond donors (Lipinski definition) is 0. The van der Waals surface area contributed by atoms with Crippen LogP contribution in [0.25, 0.3) is 11.1 Å². The number of rotatable bonds is 17. The summed E-state index contributed by atoms with van der Waals surface area (Å²) in [5, 5.41) is 0. The minimum atomic E-state index is 0.215. The SMILES string of the molecule is CCCCCCCCc1ccc(-c2ccc(OC(C)CCCCCCCC)nc2)cn1. The molecule has 3 heteroatoms. The Labute approximate surface area is 191 Å². The van der Waals surface area contributed by atoms with E-state index in [2.05, 4.69) is 48.9 Å². The summed E-state index contributed by atoms with van der Waals surface area (Å²) < 4.78 is 6.00. The molecule has 1 unspecified atom stereocenters. The molecule has 2 aromatic heterocycles. The molecule has 2 rings (SSSR count). The third-order valence-corrected chi connectivity index (χ3v) is 5.97. The fourth-order valence-electron chi connectivity index (χ4n) is 3.93. The quantitative estimate of drug-likeness (QED) is 0.238. The molecular weight excluding hydrogens is 380 g/mol. The van der Waals surface area contributed by atoms with Crippen molar-refractivity contribution >= 4 is 0 Å². The molecule has 0 saturated carbocycles. The summed E-state index contributed by atoms with van der Waals surface area (Å²) in [5.74, 6) is 0.717. The zero-order valence-corrected chi connectivity index (χ0v) is 20.2. The molecule has 0 saturated heterocycles. The maximum atomic E-state index is 6.00. The summed E-state index contributed by atoms with van der Waals surface area (Å²) in [6.07, 6.45) is 22.1. The van der Waals surface area contributed by atoms with Gasteiger partial charge in [0, 0.05) is 35.3 Å². The third kappa shape index (κ3) is 10.8. The topological polar surface area (TPSA) is 35.0 Å². The molecule has 172 valence electrons. The Morgan fingerprint density at radius 3 is 1.84 bits per heavy atom. The Kier molecular flexibility index (Phi) is 13.0. The predicted octanol–water partition coefficient (Wildman–Crippen LogP) is 8.56. The lowest BCUT2D eigenvalue weighted by molar-refractivity contribution is 0.198. The molecule has 0 aromatic carbocycles. The summed E-state index contributed by atoms with van der Waals surface area (Å²) in [4.78, 5) is 9.18. The maximum Gasteiger partial charge on any atom is 0.213 e. The minimum absolute atomic E-state index is 0.215. The second kappa shape index (κ2) is 15.8. The van der Waals surface area contributed by atoms with E-state index in [4.69, 9.17) is 4.74 Å². The van der Waals surface area contributed by atoms with E-state index in [0.29, 0.717) is 0 Å². The van der Waals surface area contributed by atoms with Crippen LogP contribution >= 0.6 is 0 Å². The fourth-order valence-corrected chi connectivity index (χ4v) is 3.93. The second-order valence-electron chi connectivity index (χ2n) is 8.93. The third-order valence-electron chi connectivity index (χ3n) is 5.97. The molecular formula is C28H44N2O. The van der Waals surface area contributed by atoms with Crippen molar-refractivity contribution in [1.29, 1.82) is 0 Å². The van der Waals surface area contributed by atoms with Gasteiger partial charge in [-0.25, -0.2) is 4.98 Å². The van der Waals surface area contributed by atoms with Gasteiger partial charge in [-0.15, -0.1) is 0 Å². The van der Waals surface area contributed by atoms with Crippen molar-refractivity contribution in [2.24, 2.45) is 0 Å². The van der Waals surface area contributed by atoms with Crippen molar-refractivity contribution in [3.8, 4) is 17.0 Å². The van der Waals surface area contributed by atoms with Crippen LogP contribution in [0, 0.1) is 0 Å². The van der Waals surface area contributed by atoms with E-state index in [1.165, 1.54) is 82.7 Å². The Balaban J connectivity index is 1.70. The number of pyridine rings is 2. The summed E-state index contributed by atoms with van der Waals surface area (Å²) in [6.45, 7) is 6.67. The molecule has 0 bridgehead atoms. The van der Waals surface area contributed by atoms with Crippen molar-refractivity contribution in [2.75, 3.05) is 0 Å². The first-order chi connectivity index (χ1) is 15.2. The van der Waals surface area contributed by atoms with Crippen molar-refractivity contribution in [1.82, 2.24) is 9.97 Å². The minimum Gasteiger partial charge on any atom is -0.475 e. The molecule has 0 fully saturated rings. The molecule has 0 aliphatic rings. The smallest absolute Gasteiger partial charge is 0.213 e. The van der Waals surface area contributed by atoms with Gasteiger partial charge >= 0.3 is 0 Å². The van der Waals surface area contributed by atoms with E-state index in [0.717, 1.165) is 29.8 Å². The number of aromatic nitrogens is 2. The van der Waals surface area contributed by atoms with Crippen LogP contribution in [0.5, 0.6) is 5.88 Å². The van der Waals surface area contributed by atoms with Crippen LogP contribution in [0.1, 0.15) is 110 Å². The maximum absolute atomic E-state index is 6.00. The van der Waals surface area contributed by atoms with Gasteiger partial charge in [-0.3, -0.25) is 4.98 Å². The van der Waals surface area contributed by atoms with E-state index in [9.17, 15) is 0 Å². The van der Waals surface area contributed by atoms with Crippen LogP contribution in [0.4, 0.5) is 0 Å². The van der Waals surface area contributed by atoms with Gasteiger partial charge < -0.3 is 4.74 Å². The first-order valence-electron chi connectivity index (χ1n) is 12.8. The van der Waals surface area contributed by atoms with E-state index >= 15 is 0 Å². The average Bonchev–Trinajstić information content (AvgIpc) is 2.79. The highest BCUT2D eigenvalue weighted by molar-refractivity contribution is 5.61. The van der Waals surface area contributed by atoms with Gasteiger partial charge in [0.25, 0.3) is 0 Å². The summed E-state index contributed by atoms with van der Waals surface area (Å²) in [7, 11) is 0. The molecule has 0 aliphatic carbocycles. The standard InChI is InChI=1S/C28H44N2O/c1-4-6-8-10-12-14-16-24(3)31-28-21-19-26(23-30-28)25-18-20-27(29-22-25)17-15-13-11-9-7-5-2/h18-24H,4-17H2,1-3H3. The van der Waals surface area contributed by atoms with E-state index in [1.54, 1.807) is 0 Å². The van der Waals surface area contributed by atoms with Crippen LogP contribution in [0.2, 0.25) is 0 Å². The zero-order valence-electron chi connectivity index (χ0n) is 20.2. The van der Waals surface area contributed by atoms with Crippen molar-refractivity contribution in [3.05, 3.63) is 42.4 Å². The molecule has 0 amide bonds. The van der Waals surface area contributed by atoms with Gasteiger partial charge in [-0.05, 0) is 44.7 Å². The molecule has 0 N–H and O–H groups in total. The Morgan fingerprint density at radius 2 is 1.26 bits per heavy atom. The molecule has 1 atom stereocenters. The van der Waals surface area contributed by atoms with Gasteiger partial charge in [0.05, 0.1) is 6.10 Å². The molecule has 0 spiro atoms. The van der Waals surface area contributed by atoms with Gasteiger partial charge in [-0.1, -0.05) is 84.1 Å². The van der Waals surface area contributed by atoms with E-state index in [-0.39, 0.29) is 6.10 Å². The molecule has 31 heavy (non-hydrogen) atoms. The average molecular weight is 425 g/mol. The predicted molar refractivity (Wildman–Crippen MR) is 133 cm³/mol. The number of hydrogen-bond acceptors (Lipinski definition) is 3. The van der Waals surface area contributed by atoms with Gasteiger partial charge in [-0.2, -0.15) is 0 Å². The summed E-state index contributed by atoms with van der Waals surface area (Å²) >= 11 is 0. The van der Waals surface area contributed by atoms with Gasteiger partial charge in [0.2, 0.25) is 5.88 Å². The highest BCUT2D eigenvalue weighted by Crippen LogP contribution is 2.21. The van der Waals surface area contributed by atoms with Crippen molar-refractivity contribution in [2.45, 2.75) is 117 Å². The number of ether oxygens (including phenoxy) is 1. The van der Waals surface area contributed by atoms with Crippen molar-refractivity contribution < 1.29 is 4.74 Å². The molecule has 0 aliphatic heterocycles. The summed E-state index contributed by atoms with van der Waals surface area (Å²) in [6, 6.07) is 8.40. The lowest BCUT2D eigenvalue weighted by Gasteiger charge is -2.14. The van der Waals surface area contributed by atoms with Gasteiger partial charge in [0.1, 0.15) is 0 Å². The highest BCUT2D eigenvalue weighted by Gasteiger charge is 2.06. The Morgan fingerprint density at radius 1 is 0.677 bits per heavy atom. The monoisotopic (exact) mass is 424 g/mol.